The van der Waals surface area contributed by atoms with E-state index in [0.717, 1.165) is 25.9 Å². The first-order chi connectivity index (χ1) is 8.15. The number of hydrogen-bond donors (Lipinski definition) is 1. The van der Waals surface area contributed by atoms with Crippen LogP contribution in [0.15, 0.2) is 4.79 Å². The Morgan fingerprint density at radius 1 is 1.29 bits per heavy atom. The highest BCUT2D eigenvalue weighted by Gasteiger charge is 2.18. The molecule has 2 heterocycles. The summed E-state index contributed by atoms with van der Waals surface area (Å²) in [5.74, 6) is 0.571. The SMILES string of the molecule is Cn1c(N2CCCCC2)nc(N)c(C=O)c1=O. The quantitative estimate of drug-likeness (QED) is 0.740. The average Bonchev–Trinajstić information content (AvgIpc) is 2.35. The number of hydrogen-bond acceptors (Lipinski definition) is 5. The molecule has 1 aromatic heterocycles. The maximum Gasteiger partial charge on any atom is 0.267 e. The van der Waals surface area contributed by atoms with Crippen LogP contribution >= 0.6 is 0 Å². The zero-order valence-electron chi connectivity index (χ0n) is 9.85. The molecular formula is C11H16N4O2. The molecule has 6 heteroatoms. The van der Waals surface area contributed by atoms with Gasteiger partial charge in [-0.25, -0.2) is 0 Å². The molecule has 1 fully saturated rings. The summed E-state index contributed by atoms with van der Waals surface area (Å²) >= 11 is 0. The van der Waals surface area contributed by atoms with Crippen molar-refractivity contribution in [3.8, 4) is 0 Å². The highest BCUT2D eigenvalue weighted by molar-refractivity contribution is 5.81. The summed E-state index contributed by atoms with van der Waals surface area (Å²) in [6, 6.07) is 0. The van der Waals surface area contributed by atoms with Gasteiger partial charge in [-0.2, -0.15) is 4.98 Å². The molecule has 0 amide bonds. The van der Waals surface area contributed by atoms with Gasteiger partial charge in [-0.1, -0.05) is 0 Å². The first kappa shape index (κ1) is 11.6. The van der Waals surface area contributed by atoms with Crippen molar-refractivity contribution < 1.29 is 4.79 Å². The maximum atomic E-state index is 11.9. The van der Waals surface area contributed by atoms with Gasteiger partial charge in [0.15, 0.2) is 6.29 Å². The molecule has 6 nitrogen and oxygen atoms in total. The lowest BCUT2D eigenvalue weighted by Gasteiger charge is -2.29. The van der Waals surface area contributed by atoms with E-state index in [9.17, 15) is 9.59 Å². The summed E-state index contributed by atoms with van der Waals surface area (Å²) in [7, 11) is 1.62. The summed E-state index contributed by atoms with van der Waals surface area (Å²) < 4.78 is 1.39. The molecule has 1 aliphatic heterocycles. The average molecular weight is 236 g/mol. The van der Waals surface area contributed by atoms with Crippen LogP contribution in [0.3, 0.4) is 0 Å². The van der Waals surface area contributed by atoms with Crippen LogP contribution in [0.5, 0.6) is 0 Å². The maximum absolute atomic E-state index is 11.9. The molecule has 0 aromatic carbocycles. The van der Waals surface area contributed by atoms with Gasteiger partial charge < -0.3 is 10.6 Å². The number of nitrogens with zero attached hydrogens (tertiary/aromatic N) is 3. The number of piperidine rings is 1. The topological polar surface area (TPSA) is 81.2 Å². The van der Waals surface area contributed by atoms with Gasteiger partial charge in [0.2, 0.25) is 5.95 Å². The van der Waals surface area contributed by atoms with Crippen molar-refractivity contribution in [2.75, 3.05) is 23.7 Å². The highest BCUT2D eigenvalue weighted by atomic mass is 16.1. The minimum Gasteiger partial charge on any atom is -0.383 e. The van der Waals surface area contributed by atoms with Gasteiger partial charge in [-0.15, -0.1) is 0 Å². The molecule has 0 radical (unpaired) electrons. The van der Waals surface area contributed by atoms with Gasteiger partial charge in [0.1, 0.15) is 11.4 Å². The van der Waals surface area contributed by atoms with Crippen molar-refractivity contribution in [2.24, 2.45) is 7.05 Å². The monoisotopic (exact) mass is 236 g/mol. The molecule has 2 N–H and O–H groups in total. The lowest BCUT2D eigenvalue weighted by atomic mass is 10.1. The largest absolute Gasteiger partial charge is 0.383 e. The van der Waals surface area contributed by atoms with Crippen LogP contribution in [0.2, 0.25) is 0 Å². The van der Waals surface area contributed by atoms with Crippen molar-refractivity contribution >= 4 is 18.1 Å². The van der Waals surface area contributed by atoms with Gasteiger partial charge >= 0.3 is 0 Å². The highest BCUT2D eigenvalue weighted by Crippen LogP contribution is 2.17. The van der Waals surface area contributed by atoms with E-state index in [0.29, 0.717) is 12.2 Å². The zero-order chi connectivity index (χ0) is 12.4. The Hall–Kier alpha value is -1.85. The van der Waals surface area contributed by atoms with Crippen molar-refractivity contribution in [3.63, 3.8) is 0 Å². The van der Waals surface area contributed by atoms with Gasteiger partial charge in [0.05, 0.1) is 0 Å². The van der Waals surface area contributed by atoms with E-state index in [2.05, 4.69) is 4.98 Å². The minimum atomic E-state index is -0.381. The first-order valence-corrected chi connectivity index (χ1v) is 5.71. The molecule has 0 aliphatic carbocycles. The minimum absolute atomic E-state index is 0.0173. The third-order valence-electron chi connectivity index (χ3n) is 3.09. The van der Waals surface area contributed by atoms with Gasteiger partial charge in [0.25, 0.3) is 5.56 Å². The Morgan fingerprint density at radius 3 is 2.53 bits per heavy atom. The van der Waals surface area contributed by atoms with Crippen LogP contribution in [0, 0.1) is 0 Å². The van der Waals surface area contributed by atoms with Crippen molar-refractivity contribution in [3.05, 3.63) is 15.9 Å². The molecule has 1 aromatic rings. The number of carbonyl (C=O) groups is 1. The summed E-state index contributed by atoms with van der Waals surface area (Å²) in [5, 5.41) is 0. The summed E-state index contributed by atoms with van der Waals surface area (Å²) in [6.07, 6.45) is 3.84. The first-order valence-electron chi connectivity index (χ1n) is 5.71. The Labute approximate surface area is 99.1 Å². The zero-order valence-corrected chi connectivity index (χ0v) is 9.85. The Kier molecular flexibility index (Phi) is 3.12. The predicted octanol–water partition coefficient (Wildman–Crippen LogP) is 0.165. The van der Waals surface area contributed by atoms with Crippen LogP contribution in [0.25, 0.3) is 0 Å². The van der Waals surface area contributed by atoms with E-state index in [1.165, 1.54) is 11.0 Å². The number of nitrogens with two attached hydrogens (primary N) is 1. The fourth-order valence-electron chi connectivity index (χ4n) is 2.11. The molecule has 17 heavy (non-hydrogen) atoms. The molecule has 92 valence electrons. The van der Waals surface area contributed by atoms with Gasteiger partial charge in [0, 0.05) is 20.1 Å². The number of anilines is 2. The van der Waals surface area contributed by atoms with E-state index in [1.54, 1.807) is 7.05 Å². The standard InChI is InChI=1S/C11H16N4O2/c1-14-10(17)8(7-16)9(12)13-11(14)15-5-3-2-4-6-15/h7H,2-6,12H2,1H3. The molecular weight excluding hydrogens is 220 g/mol. The second-order valence-electron chi connectivity index (χ2n) is 4.24. The number of nitrogen functional groups attached to an aromatic ring is 1. The summed E-state index contributed by atoms with van der Waals surface area (Å²) in [5.41, 5.74) is 5.18. The van der Waals surface area contributed by atoms with Crippen LogP contribution < -0.4 is 16.2 Å². The third-order valence-corrected chi connectivity index (χ3v) is 3.09. The van der Waals surface area contributed by atoms with Crippen LogP contribution in [-0.4, -0.2) is 28.9 Å². The van der Waals surface area contributed by atoms with E-state index in [-0.39, 0.29) is 16.9 Å². The number of carbonyl (C=O) groups excluding carboxylic acids is 1. The molecule has 0 saturated carbocycles. The fraction of sp³-hybridized carbons (Fsp3) is 0.545. The van der Waals surface area contributed by atoms with Crippen LogP contribution in [0.1, 0.15) is 29.6 Å². The van der Waals surface area contributed by atoms with E-state index >= 15 is 0 Å². The molecule has 0 spiro atoms. The molecule has 0 bridgehead atoms. The van der Waals surface area contributed by atoms with E-state index in [4.69, 9.17) is 5.73 Å². The number of aromatic nitrogens is 2. The van der Waals surface area contributed by atoms with Gasteiger partial charge in [-0.05, 0) is 19.3 Å². The predicted molar refractivity (Wildman–Crippen MR) is 65.3 cm³/mol. The summed E-state index contributed by atoms with van der Waals surface area (Å²) in [4.78, 5) is 28.8. The number of aldehydes is 1. The molecule has 0 unspecified atom stereocenters. The van der Waals surface area contributed by atoms with Crippen molar-refractivity contribution in [1.29, 1.82) is 0 Å². The Bertz CT molecular complexity index is 489. The molecule has 1 aliphatic rings. The fourth-order valence-corrected chi connectivity index (χ4v) is 2.11. The van der Waals surface area contributed by atoms with Crippen LogP contribution in [0.4, 0.5) is 11.8 Å². The second kappa shape index (κ2) is 4.57. The Morgan fingerprint density at radius 2 is 1.94 bits per heavy atom. The smallest absolute Gasteiger partial charge is 0.267 e. The molecule has 2 rings (SSSR count). The normalized spacial score (nSPS) is 15.9. The van der Waals surface area contributed by atoms with Crippen molar-refractivity contribution in [1.82, 2.24) is 9.55 Å². The lowest BCUT2D eigenvalue weighted by Crippen LogP contribution is -2.37. The van der Waals surface area contributed by atoms with Crippen molar-refractivity contribution in [2.45, 2.75) is 19.3 Å². The third kappa shape index (κ3) is 2.02. The van der Waals surface area contributed by atoms with Crippen LogP contribution in [-0.2, 0) is 7.05 Å². The summed E-state index contributed by atoms with van der Waals surface area (Å²) in [6.45, 7) is 1.75. The Balaban J connectivity index is 2.48. The second-order valence-corrected chi connectivity index (χ2v) is 4.24. The van der Waals surface area contributed by atoms with Gasteiger partial charge in [-0.3, -0.25) is 14.2 Å². The van der Waals surface area contributed by atoms with E-state index < -0.39 is 0 Å². The van der Waals surface area contributed by atoms with E-state index in [1.807, 2.05) is 4.90 Å². The lowest BCUT2D eigenvalue weighted by molar-refractivity contribution is 0.112. The number of rotatable bonds is 2. The molecule has 0 atom stereocenters. The molecule has 1 saturated heterocycles.